The van der Waals surface area contributed by atoms with Crippen LogP contribution in [0.1, 0.15) is 20.8 Å². The second-order valence-electron chi connectivity index (χ2n) is 3.71. The van der Waals surface area contributed by atoms with E-state index in [9.17, 15) is 13.6 Å². The van der Waals surface area contributed by atoms with E-state index in [2.05, 4.69) is 0 Å². The van der Waals surface area contributed by atoms with Crippen molar-refractivity contribution in [3.8, 4) is 0 Å². The van der Waals surface area contributed by atoms with Crippen LogP contribution in [0.25, 0.3) is 0 Å². The van der Waals surface area contributed by atoms with Crippen molar-refractivity contribution in [2.45, 2.75) is 32.8 Å². The second-order valence-corrected chi connectivity index (χ2v) is 3.71. The summed E-state index contributed by atoms with van der Waals surface area (Å²) < 4.78 is 29.0. The van der Waals surface area contributed by atoms with Gasteiger partial charge in [-0.05, 0) is 20.8 Å². The van der Waals surface area contributed by atoms with Gasteiger partial charge in [0.25, 0.3) is 6.43 Å². The molecule has 1 unspecified atom stereocenters. The Morgan fingerprint density at radius 3 is 2.15 bits per heavy atom. The first-order chi connectivity index (χ1) is 5.78. The highest BCUT2D eigenvalue weighted by molar-refractivity contribution is 5.73. The van der Waals surface area contributed by atoms with E-state index in [1.165, 1.54) is 0 Å². The number of alkyl halides is 2. The van der Waals surface area contributed by atoms with Gasteiger partial charge in [0.15, 0.2) is 0 Å². The molecule has 0 aliphatic rings. The van der Waals surface area contributed by atoms with E-state index < -0.39 is 30.5 Å². The molecule has 78 valence electrons. The molecule has 0 spiro atoms. The third kappa shape index (κ3) is 4.77. The maximum absolute atomic E-state index is 12.1. The monoisotopic (exact) mass is 195 g/mol. The van der Waals surface area contributed by atoms with Crippen molar-refractivity contribution >= 4 is 5.97 Å². The SMILES string of the molecule is CC(C)(C)OC(=O)C(CN)C(F)F. The van der Waals surface area contributed by atoms with Crippen LogP contribution in [0.3, 0.4) is 0 Å². The van der Waals surface area contributed by atoms with Crippen molar-refractivity contribution in [3.05, 3.63) is 0 Å². The fraction of sp³-hybridized carbons (Fsp3) is 0.875. The van der Waals surface area contributed by atoms with Gasteiger partial charge in [0.2, 0.25) is 0 Å². The van der Waals surface area contributed by atoms with Crippen LogP contribution in [0.15, 0.2) is 0 Å². The molecule has 2 N–H and O–H groups in total. The minimum atomic E-state index is -2.76. The molecular weight excluding hydrogens is 180 g/mol. The smallest absolute Gasteiger partial charge is 0.316 e. The molecule has 0 bridgehead atoms. The first-order valence-electron chi connectivity index (χ1n) is 3.99. The van der Waals surface area contributed by atoms with Gasteiger partial charge in [0.1, 0.15) is 11.5 Å². The number of hydrogen-bond donors (Lipinski definition) is 1. The molecule has 0 amide bonds. The molecule has 5 heteroatoms. The highest BCUT2D eigenvalue weighted by Crippen LogP contribution is 2.15. The molecule has 3 nitrogen and oxygen atoms in total. The van der Waals surface area contributed by atoms with Crippen LogP contribution in [-0.4, -0.2) is 24.5 Å². The minimum absolute atomic E-state index is 0.396. The number of carbonyl (C=O) groups excluding carboxylic acids is 1. The quantitative estimate of drug-likeness (QED) is 0.688. The topological polar surface area (TPSA) is 52.3 Å². The Labute approximate surface area is 76.2 Å². The molecular formula is C8H15F2NO2. The average Bonchev–Trinajstić information content (AvgIpc) is 1.82. The molecule has 0 aliphatic heterocycles. The molecule has 0 aromatic carbocycles. The van der Waals surface area contributed by atoms with Gasteiger partial charge in [-0.15, -0.1) is 0 Å². The number of esters is 1. The van der Waals surface area contributed by atoms with Crippen LogP contribution in [0.4, 0.5) is 8.78 Å². The molecule has 0 fully saturated rings. The largest absolute Gasteiger partial charge is 0.460 e. The zero-order valence-electron chi connectivity index (χ0n) is 8.01. The summed E-state index contributed by atoms with van der Waals surface area (Å²) in [4.78, 5) is 11.0. The number of halogens is 2. The lowest BCUT2D eigenvalue weighted by Crippen LogP contribution is -2.36. The Bertz CT molecular complexity index is 177. The summed E-state index contributed by atoms with van der Waals surface area (Å²) in [6.45, 7) is 4.45. The summed E-state index contributed by atoms with van der Waals surface area (Å²) in [5, 5.41) is 0. The van der Waals surface area contributed by atoms with Crippen LogP contribution in [-0.2, 0) is 9.53 Å². The van der Waals surface area contributed by atoms with Crippen molar-refractivity contribution < 1.29 is 18.3 Å². The van der Waals surface area contributed by atoms with Gasteiger partial charge in [-0.3, -0.25) is 4.79 Å². The van der Waals surface area contributed by atoms with E-state index in [-0.39, 0.29) is 0 Å². The van der Waals surface area contributed by atoms with Crippen molar-refractivity contribution in [1.82, 2.24) is 0 Å². The molecule has 0 radical (unpaired) electrons. The molecule has 0 rings (SSSR count). The Kier molecular flexibility index (Phi) is 4.26. The Balaban J connectivity index is 4.23. The lowest BCUT2D eigenvalue weighted by atomic mass is 10.1. The molecule has 0 aromatic rings. The third-order valence-electron chi connectivity index (χ3n) is 1.27. The molecule has 13 heavy (non-hydrogen) atoms. The molecule has 1 atom stereocenters. The molecule has 0 aliphatic carbocycles. The fourth-order valence-corrected chi connectivity index (χ4v) is 0.679. The summed E-state index contributed by atoms with van der Waals surface area (Å²) in [6, 6.07) is 0. The summed E-state index contributed by atoms with van der Waals surface area (Å²) in [5.41, 5.74) is 4.26. The highest BCUT2D eigenvalue weighted by Gasteiger charge is 2.31. The van der Waals surface area contributed by atoms with E-state index in [0.717, 1.165) is 0 Å². The van der Waals surface area contributed by atoms with E-state index >= 15 is 0 Å². The first kappa shape index (κ1) is 12.3. The van der Waals surface area contributed by atoms with E-state index in [4.69, 9.17) is 10.5 Å². The van der Waals surface area contributed by atoms with Gasteiger partial charge in [0, 0.05) is 6.54 Å². The lowest BCUT2D eigenvalue weighted by molar-refractivity contribution is -0.164. The van der Waals surface area contributed by atoms with Gasteiger partial charge in [0.05, 0.1) is 0 Å². The predicted octanol–water partition coefficient (Wildman–Crippen LogP) is 1.17. The maximum atomic E-state index is 12.1. The van der Waals surface area contributed by atoms with Gasteiger partial charge < -0.3 is 10.5 Å². The zero-order valence-corrected chi connectivity index (χ0v) is 8.01. The summed E-state index contributed by atoms with van der Waals surface area (Å²) >= 11 is 0. The molecule has 0 saturated heterocycles. The van der Waals surface area contributed by atoms with Crippen LogP contribution >= 0.6 is 0 Å². The second kappa shape index (κ2) is 4.50. The molecule has 0 saturated carbocycles. The summed E-state index contributed by atoms with van der Waals surface area (Å²) in [7, 11) is 0. The van der Waals surface area contributed by atoms with Crippen LogP contribution in [0, 0.1) is 5.92 Å². The van der Waals surface area contributed by atoms with Crippen LogP contribution < -0.4 is 5.73 Å². The molecule has 0 heterocycles. The summed E-state index contributed by atoms with van der Waals surface area (Å²) in [5.74, 6) is -2.45. The van der Waals surface area contributed by atoms with Crippen LogP contribution in [0.2, 0.25) is 0 Å². The fourth-order valence-electron chi connectivity index (χ4n) is 0.679. The molecule has 0 aromatic heterocycles. The van der Waals surface area contributed by atoms with Crippen LogP contribution in [0.5, 0.6) is 0 Å². The van der Waals surface area contributed by atoms with E-state index in [1.54, 1.807) is 20.8 Å². The van der Waals surface area contributed by atoms with Crippen molar-refractivity contribution in [3.63, 3.8) is 0 Å². The first-order valence-corrected chi connectivity index (χ1v) is 3.99. The van der Waals surface area contributed by atoms with Crippen molar-refractivity contribution in [2.75, 3.05) is 6.54 Å². The standard InChI is InChI=1S/C8H15F2NO2/c1-8(2,3)13-7(12)5(4-11)6(9)10/h5-6H,4,11H2,1-3H3. The number of nitrogens with two attached hydrogens (primary N) is 1. The van der Waals surface area contributed by atoms with Gasteiger partial charge in [-0.25, -0.2) is 8.78 Å². The van der Waals surface area contributed by atoms with Crippen molar-refractivity contribution in [2.24, 2.45) is 11.7 Å². The maximum Gasteiger partial charge on any atom is 0.316 e. The Hall–Kier alpha value is -0.710. The zero-order chi connectivity index (χ0) is 10.6. The predicted molar refractivity (Wildman–Crippen MR) is 44.4 cm³/mol. The lowest BCUT2D eigenvalue weighted by Gasteiger charge is -2.22. The Morgan fingerprint density at radius 2 is 1.92 bits per heavy atom. The van der Waals surface area contributed by atoms with Crippen molar-refractivity contribution in [1.29, 1.82) is 0 Å². The van der Waals surface area contributed by atoms with Gasteiger partial charge in [-0.1, -0.05) is 0 Å². The normalized spacial score (nSPS) is 14.4. The van der Waals surface area contributed by atoms with E-state index in [1.807, 2.05) is 0 Å². The number of hydrogen-bond acceptors (Lipinski definition) is 3. The number of ether oxygens (including phenoxy) is 1. The number of rotatable bonds is 3. The van der Waals surface area contributed by atoms with Gasteiger partial charge >= 0.3 is 5.97 Å². The van der Waals surface area contributed by atoms with Gasteiger partial charge in [-0.2, -0.15) is 0 Å². The highest BCUT2D eigenvalue weighted by atomic mass is 19.3. The minimum Gasteiger partial charge on any atom is -0.460 e. The Morgan fingerprint density at radius 1 is 1.46 bits per heavy atom. The van der Waals surface area contributed by atoms with E-state index in [0.29, 0.717) is 0 Å². The third-order valence-corrected chi connectivity index (χ3v) is 1.27. The number of carbonyl (C=O) groups is 1. The summed E-state index contributed by atoms with van der Waals surface area (Å²) in [6.07, 6.45) is -2.76. The average molecular weight is 195 g/mol.